The van der Waals surface area contributed by atoms with E-state index >= 15 is 0 Å². The first-order chi connectivity index (χ1) is 12.7. The maximum Gasteiger partial charge on any atom is 0.318 e. The van der Waals surface area contributed by atoms with Gasteiger partial charge < -0.3 is 5.11 Å². The number of amides is 1. The molecule has 138 valence electrons. The second-order valence-electron chi connectivity index (χ2n) is 4.89. The molecule has 0 aliphatic rings. The molecule has 0 spiro atoms. The van der Waals surface area contributed by atoms with Gasteiger partial charge in [0.15, 0.2) is 0 Å². The van der Waals surface area contributed by atoms with E-state index in [0.717, 1.165) is 6.21 Å². The summed E-state index contributed by atoms with van der Waals surface area (Å²) in [4.78, 5) is 41.9. The number of carbonyl (C=O) groups excluding carboxylic acids is 1. The van der Waals surface area contributed by atoms with E-state index < -0.39 is 43.4 Å². The molecule has 0 saturated heterocycles. The zero-order valence-electron chi connectivity index (χ0n) is 13.1. The van der Waals surface area contributed by atoms with Gasteiger partial charge in [0.2, 0.25) is 5.75 Å². The molecule has 0 aliphatic carbocycles. The first kappa shape index (κ1) is 18.9. The summed E-state index contributed by atoms with van der Waals surface area (Å²) in [5.41, 5.74) is -0.915. The molecule has 0 atom stereocenters. The minimum Gasteiger partial charge on any atom is -0.502 e. The lowest BCUT2D eigenvalue weighted by molar-refractivity contribution is -0.394. The van der Waals surface area contributed by atoms with Crippen LogP contribution >= 0.6 is 0 Å². The number of rotatable bonds is 6. The molecule has 1 amide bonds. The summed E-state index contributed by atoms with van der Waals surface area (Å²) in [6.07, 6.45) is 0.943. The first-order valence-electron chi connectivity index (χ1n) is 6.95. The van der Waals surface area contributed by atoms with Gasteiger partial charge in [0.05, 0.1) is 38.2 Å². The summed E-state index contributed by atoms with van der Waals surface area (Å²) in [7, 11) is 0. The fourth-order valence-electron chi connectivity index (χ4n) is 2.01. The van der Waals surface area contributed by atoms with E-state index in [2.05, 4.69) is 5.10 Å². The number of nitro groups is 3. The van der Waals surface area contributed by atoms with E-state index in [0.29, 0.717) is 12.1 Å². The number of phenols is 1. The number of para-hydroxylation sites is 1. The summed E-state index contributed by atoms with van der Waals surface area (Å²) in [6, 6.07) is 6.61. The highest BCUT2D eigenvalue weighted by Gasteiger charge is 2.27. The number of non-ortho nitro benzene ring substituents is 1. The van der Waals surface area contributed by atoms with Gasteiger partial charge in [0.1, 0.15) is 0 Å². The van der Waals surface area contributed by atoms with Gasteiger partial charge in [-0.15, -0.1) is 0 Å². The van der Waals surface area contributed by atoms with Crippen LogP contribution in [0.5, 0.6) is 5.75 Å². The van der Waals surface area contributed by atoms with Crippen molar-refractivity contribution in [2.45, 2.75) is 0 Å². The molecule has 27 heavy (non-hydrogen) atoms. The summed E-state index contributed by atoms with van der Waals surface area (Å²) >= 11 is 0. The number of hydrogen-bond donors (Lipinski definition) is 2. The maximum absolute atomic E-state index is 12.1. The topological polar surface area (TPSA) is 191 Å². The molecule has 0 aliphatic heterocycles. The monoisotopic (exact) mass is 381 g/mol. The van der Waals surface area contributed by atoms with E-state index in [9.17, 15) is 40.2 Å². The Kier molecular flexibility index (Phi) is 5.35. The van der Waals surface area contributed by atoms with Gasteiger partial charge in [-0.05, 0) is 6.07 Å². The van der Waals surface area contributed by atoms with E-state index in [1.165, 1.54) is 24.3 Å². The number of nitrogens with zero attached hydrogens (tertiary/aromatic N) is 4. The number of carbonyl (C=O) groups is 1. The maximum atomic E-state index is 12.1. The molecule has 0 saturated carbocycles. The number of benzene rings is 2. The molecule has 0 heterocycles. The normalized spacial score (nSPS) is 10.5. The van der Waals surface area contributed by atoms with Gasteiger partial charge in [0.25, 0.3) is 17.3 Å². The van der Waals surface area contributed by atoms with Crippen molar-refractivity contribution in [3.8, 4) is 5.75 Å². The summed E-state index contributed by atoms with van der Waals surface area (Å²) in [5.74, 6) is -2.27. The number of nitrogens with one attached hydrogen (secondary N) is 1. The Labute approximate surface area is 149 Å². The Balaban J connectivity index is 2.32. The SMILES string of the molecule is O=C(N/N=C/[13c]1[13cH][13cH][13cH][13cH][13c]1[N+](=O)[O-])c1cc([N+](=O)[O-])cc([N+](=O)[O-])c1O. The number of nitro benzene ring substituents is 3. The van der Waals surface area contributed by atoms with E-state index in [1.807, 2.05) is 5.43 Å². The zero-order chi connectivity index (χ0) is 20.1. The van der Waals surface area contributed by atoms with Crippen LogP contribution in [0.2, 0.25) is 0 Å². The van der Waals surface area contributed by atoms with Crippen LogP contribution in [0.15, 0.2) is 41.5 Å². The lowest BCUT2D eigenvalue weighted by Crippen LogP contribution is -2.18. The van der Waals surface area contributed by atoms with Crippen LogP contribution in [0, 0.1) is 30.3 Å². The van der Waals surface area contributed by atoms with Crippen LogP contribution in [0.25, 0.3) is 0 Å². The molecule has 13 heteroatoms. The third-order valence-electron chi connectivity index (χ3n) is 3.23. The molecule has 0 unspecified atom stereocenters. The average Bonchev–Trinajstić information content (AvgIpc) is 2.61. The summed E-state index contributed by atoms with van der Waals surface area (Å²) < 4.78 is 0. The minimum atomic E-state index is -1.19. The highest BCUT2D eigenvalue weighted by Crippen LogP contribution is 2.34. The second-order valence-corrected chi connectivity index (χ2v) is 4.89. The summed E-state index contributed by atoms with van der Waals surface area (Å²) in [5, 5.41) is 45.9. The Morgan fingerprint density at radius 3 is 2.22 bits per heavy atom. The van der Waals surface area contributed by atoms with Gasteiger partial charge in [0, 0.05) is 12.1 Å². The fraction of sp³-hybridized carbons (Fsp3) is 0. The second kappa shape index (κ2) is 7.64. The molecule has 2 N–H and O–H groups in total. The van der Waals surface area contributed by atoms with Crippen molar-refractivity contribution in [2.24, 2.45) is 5.10 Å². The highest BCUT2D eigenvalue weighted by atomic mass is 16.6. The summed E-state index contributed by atoms with van der Waals surface area (Å²) in [6.45, 7) is 0. The molecule has 0 bridgehead atoms. The molecule has 2 aromatic carbocycles. The molecular formula is C14H9N5O8. The van der Waals surface area contributed by atoms with Crippen molar-refractivity contribution < 1.29 is 24.7 Å². The van der Waals surface area contributed by atoms with Gasteiger partial charge in [-0.2, -0.15) is 5.10 Å². The van der Waals surface area contributed by atoms with Crippen molar-refractivity contribution in [1.29, 1.82) is 0 Å². The number of phenolic OH excluding ortho intramolecular Hbond substituents is 1. The fourth-order valence-corrected chi connectivity index (χ4v) is 2.01. The molecule has 2 aromatic rings. The standard InChI is InChI=1S/C14H9N5O8/c20-13-10(5-9(17(22)23)6-12(13)19(26)27)14(21)16-15-7-8-3-1-2-4-11(8)18(24)25/h1-7,20H,(H,16,21)/b15-7+/i1+1,2+1,3+1,4+1,8+1,11+1. The lowest BCUT2D eigenvalue weighted by Gasteiger charge is -2.04. The molecule has 0 fully saturated rings. The third kappa shape index (κ3) is 4.16. The van der Waals surface area contributed by atoms with Crippen LogP contribution in [-0.2, 0) is 0 Å². The van der Waals surface area contributed by atoms with Crippen LogP contribution in [0.4, 0.5) is 17.1 Å². The predicted molar refractivity (Wildman–Crippen MR) is 89.6 cm³/mol. The molecule has 0 radical (unpaired) electrons. The van der Waals surface area contributed by atoms with E-state index in [-0.39, 0.29) is 11.3 Å². The molecule has 0 aromatic heterocycles. The predicted octanol–water partition coefficient (Wildman–Crippen LogP) is 1.88. The van der Waals surface area contributed by atoms with Crippen LogP contribution in [0.3, 0.4) is 0 Å². The molecule has 2 rings (SSSR count). The Bertz CT molecular complexity index is 987. The van der Waals surface area contributed by atoms with Crippen molar-refractivity contribution in [2.75, 3.05) is 0 Å². The first-order valence-corrected chi connectivity index (χ1v) is 6.95. The van der Waals surface area contributed by atoms with Crippen molar-refractivity contribution in [3.05, 3.63) is 77.9 Å². The van der Waals surface area contributed by atoms with Crippen molar-refractivity contribution in [3.63, 3.8) is 0 Å². The highest BCUT2D eigenvalue weighted by molar-refractivity contribution is 5.99. The quantitative estimate of drug-likeness (QED) is 0.430. The van der Waals surface area contributed by atoms with Gasteiger partial charge >= 0.3 is 5.69 Å². The van der Waals surface area contributed by atoms with E-state index in [4.69, 9.17) is 0 Å². The number of aromatic hydroxyl groups is 1. The number of hydrogen-bond acceptors (Lipinski definition) is 9. The van der Waals surface area contributed by atoms with Crippen molar-refractivity contribution in [1.82, 2.24) is 5.43 Å². The van der Waals surface area contributed by atoms with Crippen LogP contribution in [-0.4, -0.2) is 32.0 Å². The average molecular weight is 381 g/mol. The lowest BCUT2D eigenvalue weighted by atomic mass is 10.1. The minimum absolute atomic E-state index is 0.0528. The van der Waals surface area contributed by atoms with Crippen LogP contribution in [0.1, 0.15) is 15.9 Å². The Hall–Kier alpha value is -4.42. The number of hydrazone groups is 1. The smallest absolute Gasteiger partial charge is 0.318 e. The third-order valence-corrected chi connectivity index (χ3v) is 3.23. The van der Waals surface area contributed by atoms with Gasteiger partial charge in [-0.3, -0.25) is 35.1 Å². The van der Waals surface area contributed by atoms with Crippen molar-refractivity contribution >= 4 is 29.2 Å². The van der Waals surface area contributed by atoms with Gasteiger partial charge in [-0.1, -0.05) is 12.1 Å². The zero-order valence-corrected chi connectivity index (χ0v) is 13.1. The molecular weight excluding hydrogens is 372 g/mol. The van der Waals surface area contributed by atoms with Crippen LogP contribution < -0.4 is 5.43 Å². The molecule has 13 nitrogen and oxygen atoms in total. The largest absolute Gasteiger partial charge is 0.502 e. The Morgan fingerprint density at radius 2 is 1.63 bits per heavy atom. The van der Waals surface area contributed by atoms with Gasteiger partial charge in [-0.25, -0.2) is 5.43 Å². The Morgan fingerprint density at radius 1 is 1.00 bits per heavy atom. The van der Waals surface area contributed by atoms with E-state index in [1.54, 1.807) is 0 Å².